The van der Waals surface area contributed by atoms with Gasteiger partial charge in [-0.25, -0.2) is 4.79 Å². The average Bonchev–Trinajstić information content (AvgIpc) is 1.86. The van der Waals surface area contributed by atoms with Crippen LogP contribution in [0.1, 0.15) is 13.3 Å². The van der Waals surface area contributed by atoms with Crippen molar-refractivity contribution in [2.24, 2.45) is 0 Å². The van der Waals surface area contributed by atoms with Gasteiger partial charge in [0.25, 0.3) is 0 Å². The summed E-state index contributed by atoms with van der Waals surface area (Å²) in [6, 6.07) is -0.453. The number of aliphatic hydroxyl groups is 1. The lowest BCUT2D eigenvalue weighted by Crippen LogP contribution is -2.40. The van der Waals surface area contributed by atoms with Crippen molar-refractivity contribution in [2.75, 3.05) is 0 Å². The van der Waals surface area contributed by atoms with Gasteiger partial charge >= 0.3 is 6.09 Å². The first kappa shape index (κ1) is 9.97. The molecule has 2 atom stereocenters. The molecule has 0 aromatic heterocycles. The monoisotopic (exact) mass is 159 g/mol. The van der Waals surface area contributed by atoms with E-state index in [2.05, 4.69) is 11.9 Å². The molecule has 0 saturated carbocycles. The smallest absolute Gasteiger partial charge is 0.404 e. The van der Waals surface area contributed by atoms with E-state index in [1.807, 2.05) is 0 Å². The number of aliphatic hydroxyl groups excluding tert-OH is 1. The van der Waals surface area contributed by atoms with E-state index in [-0.39, 0.29) is 0 Å². The fourth-order valence-electron chi connectivity index (χ4n) is 0.666. The van der Waals surface area contributed by atoms with Crippen molar-refractivity contribution in [2.45, 2.75) is 25.5 Å². The first-order valence-electron chi connectivity index (χ1n) is 3.36. The number of rotatable bonds is 4. The highest BCUT2D eigenvalue weighted by Gasteiger charge is 2.13. The molecule has 0 aliphatic heterocycles. The van der Waals surface area contributed by atoms with E-state index in [1.54, 1.807) is 13.0 Å². The predicted octanol–water partition coefficient (Wildman–Crippen LogP) is 0.580. The molecular weight excluding hydrogens is 146 g/mol. The summed E-state index contributed by atoms with van der Waals surface area (Å²) in [6.45, 7) is 5.03. The van der Waals surface area contributed by atoms with Gasteiger partial charge in [0.05, 0.1) is 12.1 Å². The maximum atomic E-state index is 10.1. The third-order valence-electron chi connectivity index (χ3n) is 1.34. The molecule has 0 rings (SSSR count). The summed E-state index contributed by atoms with van der Waals surface area (Å²) in [5.41, 5.74) is 0. The van der Waals surface area contributed by atoms with Gasteiger partial charge in [0.15, 0.2) is 0 Å². The largest absolute Gasteiger partial charge is 0.465 e. The molecule has 2 unspecified atom stereocenters. The summed E-state index contributed by atoms with van der Waals surface area (Å²) in [5, 5.41) is 19.6. The average molecular weight is 159 g/mol. The lowest BCUT2D eigenvalue weighted by molar-refractivity contribution is 0.128. The minimum Gasteiger partial charge on any atom is -0.465 e. The molecule has 0 heterocycles. The van der Waals surface area contributed by atoms with Gasteiger partial charge in [0.1, 0.15) is 0 Å². The molecule has 4 heteroatoms. The Labute approximate surface area is 65.5 Å². The van der Waals surface area contributed by atoms with Crippen LogP contribution >= 0.6 is 0 Å². The second-order valence-corrected chi connectivity index (χ2v) is 2.33. The summed E-state index contributed by atoms with van der Waals surface area (Å²) in [5.74, 6) is 0. The van der Waals surface area contributed by atoms with Crippen LogP contribution in [-0.2, 0) is 0 Å². The van der Waals surface area contributed by atoms with E-state index >= 15 is 0 Å². The fraction of sp³-hybridized carbons (Fsp3) is 0.571. The van der Waals surface area contributed by atoms with Crippen molar-refractivity contribution in [3.63, 3.8) is 0 Å². The molecule has 0 radical (unpaired) electrons. The van der Waals surface area contributed by atoms with Crippen molar-refractivity contribution in [1.82, 2.24) is 5.32 Å². The van der Waals surface area contributed by atoms with E-state index in [4.69, 9.17) is 10.2 Å². The molecular formula is C7H13NO3. The molecule has 0 aromatic rings. The molecule has 0 aliphatic carbocycles. The van der Waals surface area contributed by atoms with Gasteiger partial charge in [-0.05, 0) is 13.3 Å². The van der Waals surface area contributed by atoms with Gasteiger partial charge in [-0.1, -0.05) is 6.08 Å². The van der Waals surface area contributed by atoms with Gasteiger partial charge in [-0.2, -0.15) is 0 Å². The molecule has 1 amide bonds. The Hall–Kier alpha value is -1.03. The van der Waals surface area contributed by atoms with Crippen LogP contribution in [0.5, 0.6) is 0 Å². The molecule has 0 aliphatic rings. The van der Waals surface area contributed by atoms with Crippen LogP contribution < -0.4 is 5.32 Å². The quantitative estimate of drug-likeness (QED) is 0.525. The van der Waals surface area contributed by atoms with Crippen molar-refractivity contribution >= 4 is 6.09 Å². The van der Waals surface area contributed by atoms with Crippen LogP contribution in [0.15, 0.2) is 12.7 Å². The van der Waals surface area contributed by atoms with E-state index < -0.39 is 18.2 Å². The number of amides is 1. The molecule has 11 heavy (non-hydrogen) atoms. The Kier molecular flexibility index (Phi) is 4.29. The molecule has 4 nitrogen and oxygen atoms in total. The van der Waals surface area contributed by atoms with Gasteiger partial charge in [-0.3, -0.25) is 0 Å². The Morgan fingerprint density at radius 1 is 1.82 bits per heavy atom. The van der Waals surface area contributed by atoms with Crippen molar-refractivity contribution in [3.8, 4) is 0 Å². The van der Waals surface area contributed by atoms with Gasteiger partial charge < -0.3 is 15.5 Å². The van der Waals surface area contributed by atoms with Crippen molar-refractivity contribution < 1.29 is 15.0 Å². The normalized spacial score (nSPS) is 15.1. The minimum atomic E-state index is -1.12. The summed E-state index contributed by atoms with van der Waals surface area (Å²) in [4.78, 5) is 10.1. The lowest BCUT2D eigenvalue weighted by atomic mass is 10.1. The SMILES string of the molecule is C=CCC(O)C(C)NC(=O)O. The van der Waals surface area contributed by atoms with Crippen LogP contribution in [-0.4, -0.2) is 28.5 Å². The number of hydrogen-bond donors (Lipinski definition) is 3. The Bertz CT molecular complexity index is 147. The Morgan fingerprint density at radius 2 is 2.36 bits per heavy atom. The van der Waals surface area contributed by atoms with Crippen molar-refractivity contribution in [3.05, 3.63) is 12.7 Å². The number of carbonyl (C=O) groups is 1. The second kappa shape index (κ2) is 4.73. The maximum Gasteiger partial charge on any atom is 0.404 e. The summed E-state index contributed by atoms with van der Waals surface area (Å²) < 4.78 is 0. The maximum absolute atomic E-state index is 10.1. The molecule has 0 fully saturated rings. The molecule has 3 N–H and O–H groups in total. The molecule has 0 spiro atoms. The third kappa shape index (κ3) is 4.38. The summed E-state index contributed by atoms with van der Waals surface area (Å²) in [6.07, 6.45) is 0.121. The zero-order chi connectivity index (χ0) is 8.85. The van der Waals surface area contributed by atoms with Crippen LogP contribution in [0.3, 0.4) is 0 Å². The van der Waals surface area contributed by atoms with E-state index in [0.29, 0.717) is 6.42 Å². The zero-order valence-corrected chi connectivity index (χ0v) is 6.45. The Morgan fingerprint density at radius 3 is 2.73 bits per heavy atom. The molecule has 64 valence electrons. The zero-order valence-electron chi connectivity index (χ0n) is 6.45. The highest BCUT2D eigenvalue weighted by atomic mass is 16.4. The van der Waals surface area contributed by atoms with E-state index in [1.165, 1.54) is 0 Å². The molecule has 0 saturated heterocycles. The highest BCUT2D eigenvalue weighted by Crippen LogP contribution is 1.98. The molecule has 0 bridgehead atoms. The minimum absolute atomic E-state index is 0.390. The highest BCUT2D eigenvalue weighted by molar-refractivity contribution is 5.64. The van der Waals surface area contributed by atoms with Crippen LogP contribution in [0.25, 0.3) is 0 Å². The van der Waals surface area contributed by atoms with E-state index in [9.17, 15) is 4.79 Å². The fourth-order valence-corrected chi connectivity index (χ4v) is 0.666. The topological polar surface area (TPSA) is 69.6 Å². The number of hydrogen-bond acceptors (Lipinski definition) is 2. The summed E-state index contributed by atoms with van der Waals surface area (Å²) >= 11 is 0. The van der Waals surface area contributed by atoms with Crippen LogP contribution in [0, 0.1) is 0 Å². The van der Waals surface area contributed by atoms with Crippen molar-refractivity contribution in [1.29, 1.82) is 0 Å². The van der Waals surface area contributed by atoms with Crippen LogP contribution in [0.2, 0.25) is 0 Å². The van der Waals surface area contributed by atoms with Crippen LogP contribution in [0.4, 0.5) is 4.79 Å². The van der Waals surface area contributed by atoms with Gasteiger partial charge in [0, 0.05) is 0 Å². The first-order valence-corrected chi connectivity index (χ1v) is 3.36. The Balaban J connectivity index is 3.71. The second-order valence-electron chi connectivity index (χ2n) is 2.33. The third-order valence-corrected chi connectivity index (χ3v) is 1.34. The summed E-state index contributed by atoms with van der Waals surface area (Å²) in [7, 11) is 0. The standard InChI is InChI=1S/C7H13NO3/c1-3-4-6(9)5(2)8-7(10)11/h3,5-6,8-9H,1,4H2,2H3,(H,10,11). The van der Waals surface area contributed by atoms with Gasteiger partial charge in [0.2, 0.25) is 0 Å². The van der Waals surface area contributed by atoms with E-state index in [0.717, 1.165) is 0 Å². The number of carboxylic acid groups (broad SMARTS) is 1. The lowest BCUT2D eigenvalue weighted by Gasteiger charge is -2.16. The van der Waals surface area contributed by atoms with Gasteiger partial charge in [-0.15, -0.1) is 6.58 Å². The first-order chi connectivity index (χ1) is 5.07. The number of nitrogens with one attached hydrogen (secondary N) is 1. The predicted molar refractivity (Wildman–Crippen MR) is 41.4 cm³/mol. The molecule has 0 aromatic carbocycles.